The molecular formula is C20H33F3IN5O. The van der Waals surface area contributed by atoms with Gasteiger partial charge in [0.15, 0.2) is 5.96 Å². The van der Waals surface area contributed by atoms with E-state index in [1.54, 1.807) is 13.3 Å². The highest BCUT2D eigenvalue weighted by atomic mass is 127. The molecule has 2 aliphatic rings. The highest BCUT2D eigenvalue weighted by molar-refractivity contribution is 14.0. The highest BCUT2D eigenvalue weighted by Gasteiger charge is 2.34. The SMILES string of the molecule is CN=C(NCC1CCN(CC(F)(F)F)C1)NCC(c1ccco1)N1CCCCC1.I. The van der Waals surface area contributed by atoms with Gasteiger partial charge in [-0.3, -0.25) is 14.8 Å². The van der Waals surface area contributed by atoms with Crippen molar-refractivity contribution in [2.75, 3.05) is 52.9 Å². The summed E-state index contributed by atoms with van der Waals surface area (Å²) in [6.07, 6.45) is 2.00. The number of halogens is 4. The van der Waals surface area contributed by atoms with Crippen molar-refractivity contribution in [1.82, 2.24) is 20.4 Å². The Morgan fingerprint density at radius 1 is 1.23 bits per heavy atom. The zero-order valence-electron chi connectivity index (χ0n) is 17.5. The lowest BCUT2D eigenvalue weighted by atomic mass is 10.1. The predicted molar refractivity (Wildman–Crippen MR) is 122 cm³/mol. The largest absolute Gasteiger partial charge is 0.468 e. The normalized spacial score (nSPS) is 22.5. The number of hydrogen-bond acceptors (Lipinski definition) is 4. The summed E-state index contributed by atoms with van der Waals surface area (Å²) in [4.78, 5) is 8.19. The molecule has 2 N–H and O–H groups in total. The molecule has 0 radical (unpaired) electrons. The first kappa shape index (κ1) is 25.3. The average molecular weight is 543 g/mol. The van der Waals surface area contributed by atoms with Gasteiger partial charge in [-0.15, -0.1) is 24.0 Å². The Morgan fingerprint density at radius 3 is 2.63 bits per heavy atom. The van der Waals surface area contributed by atoms with Gasteiger partial charge in [-0.1, -0.05) is 6.42 Å². The van der Waals surface area contributed by atoms with Gasteiger partial charge in [0.1, 0.15) is 5.76 Å². The molecule has 1 aromatic heterocycles. The lowest BCUT2D eigenvalue weighted by molar-refractivity contribution is -0.143. The number of furan rings is 1. The molecule has 0 aromatic carbocycles. The Hall–Kier alpha value is -1.01. The van der Waals surface area contributed by atoms with Crippen molar-refractivity contribution in [2.24, 2.45) is 10.9 Å². The molecule has 2 saturated heterocycles. The van der Waals surface area contributed by atoms with E-state index >= 15 is 0 Å². The molecule has 0 saturated carbocycles. The second-order valence-corrected chi connectivity index (χ2v) is 7.97. The van der Waals surface area contributed by atoms with E-state index in [9.17, 15) is 13.2 Å². The molecule has 0 aliphatic carbocycles. The minimum Gasteiger partial charge on any atom is -0.468 e. The van der Waals surface area contributed by atoms with E-state index in [1.165, 1.54) is 24.2 Å². The highest BCUT2D eigenvalue weighted by Crippen LogP contribution is 2.25. The second kappa shape index (κ2) is 12.1. The monoisotopic (exact) mass is 543 g/mol. The van der Waals surface area contributed by atoms with Crippen LogP contribution in [0.4, 0.5) is 13.2 Å². The van der Waals surface area contributed by atoms with Crippen LogP contribution in [0.3, 0.4) is 0 Å². The first-order valence-corrected chi connectivity index (χ1v) is 10.5. The number of rotatable bonds is 7. The van der Waals surface area contributed by atoms with Crippen LogP contribution in [0.25, 0.3) is 0 Å². The minimum atomic E-state index is -4.13. The third kappa shape index (κ3) is 7.92. The molecule has 10 heteroatoms. The number of piperidine rings is 1. The van der Waals surface area contributed by atoms with Crippen molar-refractivity contribution in [3.63, 3.8) is 0 Å². The molecular weight excluding hydrogens is 510 g/mol. The Balaban J connectivity index is 0.00000320. The van der Waals surface area contributed by atoms with Gasteiger partial charge < -0.3 is 15.1 Å². The molecule has 172 valence electrons. The van der Waals surface area contributed by atoms with E-state index in [0.29, 0.717) is 32.1 Å². The van der Waals surface area contributed by atoms with Crippen molar-refractivity contribution >= 4 is 29.9 Å². The molecule has 2 fully saturated rings. The number of alkyl halides is 3. The predicted octanol–water partition coefficient (Wildman–Crippen LogP) is 3.47. The van der Waals surface area contributed by atoms with Gasteiger partial charge >= 0.3 is 6.18 Å². The van der Waals surface area contributed by atoms with Gasteiger partial charge in [0.25, 0.3) is 0 Å². The summed E-state index contributed by atoms with van der Waals surface area (Å²) in [5.74, 6) is 1.81. The van der Waals surface area contributed by atoms with Crippen LogP contribution in [0.15, 0.2) is 27.8 Å². The quantitative estimate of drug-likeness (QED) is 0.314. The lowest BCUT2D eigenvalue weighted by Crippen LogP contribution is -2.45. The summed E-state index contributed by atoms with van der Waals surface area (Å²) in [7, 11) is 1.71. The molecule has 0 bridgehead atoms. The number of aliphatic imine (C=N–C) groups is 1. The van der Waals surface area contributed by atoms with E-state index in [-0.39, 0.29) is 35.9 Å². The molecule has 2 atom stereocenters. The lowest BCUT2D eigenvalue weighted by Gasteiger charge is -2.33. The third-order valence-corrected chi connectivity index (χ3v) is 5.72. The van der Waals surface area contributed by atoms with E-state index in [1.807, 2.05) is 12.1 Å². The van der Waals surface area contributed by atoms with Crippen molar-refractivity contribution in [1.29, 1.82) is 0 Å². The first-order chi connectivity index (χ1) is 13.9. The number of nitrogens with one attached hydrogen (secondary N) is 2. The molecule has 0 amide bonds. The molecule has 3 heterocycles. The molecule has 30 heavy (non-hydrogen) atoms. The van der Waals surface area contributed by atoms with Gasteiger partial charge in [-0.2, -0.15) is 13.2 Å². The van der Waals surface area contributed by atoms with Crippen LogP contribution in [0, 0.1) is 5.92 Å². The summed E-state index contributed by atoms with van der Waals surface area (Å²) < 4.78 is 43.3. The van der Waals surface area contributed by atoms with Crippen LogP contribution < -0.4 is 10.6 Å². The van der Waals surface area contributed by atoms with Crippen LogP contribution in [-0.4, -0.2) is 74.8 Å². The Kier molecular flexibility index (Phi) is 10.2. The van der Waals surface area contributed by atoms with Crippen LogP contribution in [-0.2, 0) is 0 Å². The molecule has 3 rings (SSSR count). The Labute approximate surface area is 193 Å². The van der Waals surface area contributed by atoms with E-state index in [0.717, 1.165) is 25.3 Å². The summed E-state index contributed by atoms with van der Waals surface area (Å²) >= 11 is 0. The number of likely N-dealkylation sites (tertiary alicyclic amines) is 2. The average Bonchev–Trinajstić information content (AvgIpc) is 3.36. The third-order valence-electron chi connectivity index (χ3n) is 5.72. The summed E-state index contributed by atoms with van der Waals surface area (Å²) in [6.45, 7) is 3.52. The van der Waals surface area contributed by atoms with Crippen molar-refractivity contribution in [3.05, 3.63) is 24.2 Å². The molecule has 0 spiro atoms. The van der Waals surface area contributed by atoms with Gasteiger partial charge in [-0.25, -0.2) is 0 Å². The van der Waals surface area contributed by atoms with Gasteiger partial charge in [-0.05, 0) is 56.9 Å². The fraction of sp³-hybridized carbons (Fsp3) is 0.750. The fourth-order valence-corrected chi connectivity index (χ4v) is 4.25. The topological polar surface area (TPSA) is 56.0 Å². The zero-order valence-corrected chi connectivity index (χ0v) is 19.8. The Bertz CT molecular complexity index is 635. The number of nitrogens with zero attached hydrogens (tertiary/aromatic N) is 3. The van der Waals surface area contributed by atoms with Gasteiger partial charge in [0.2, 0.25) is 0 Å². The van der Waals surface area contributed by atoms with E-state index in [4.69, 9.17) is 4.42 Å². The van der Waals surface area contributed by atoms with Crippen LogP contribution >= 0.6 is 24.0 Å². The van der Waals surface area contributed by atoms with Crippen molar-refractivity contribution in [2.45, 2.75) is 37.9 Å². The molecule has 1 aromatic rings. The first-order valence-electron chi connectivity index (χ1n) is 10.5. The maximum Gasteiger partial charge on any atom is 0.401 e. The summed E-state index contributed by atoms with van der Waals surface area (Å²) in [5.41, 5.74) is 0. The summed E-state index contributed by atoms with van der Waals surface area (Å²) in [6, 6.07) is 4.05. The van der Waals surface area contributed by atoms with Crippen molar-refractivity contribution in [3.8, 4) is 0 Å². The molecule has 2 unspecified atom stereocenters. The van der Waals surface area contributed by atoms with Crippen LogP contribution in [0.2, 0.25) is 0 Å². The standard InChI is InChI=1S/C20H32F3N5O.HI/c1-24-19(25-12-16-7-10-27(14-16)15-20(21,22)23)26-13-17(18-6-5-11-29-18)28-8-3-2-4-9-28;/h5-6,11,16-17H,2-4,7-10,12-15H2,1H3,(H2,24,25,26);1H. The fourth-order valence-electron chi connectivity index (χ4n) is 4.25. The maximum atomic E-state index is 12.6. The maximum absolute atomic E-state index is 12.6. The van der Waals surface area contributed by atoms with Gasteiger partial charge in [0.05, 0.1) is 18.8 Å². The van der Waals surface area contributed by atoms with Gasteiger partial charge in [0, 0.05) is 26.7 Å². The molecule has 2 aliphatic heterocycles. The van der Waals surface area contributed by atoms with E-state index < -0.39 is 12.7 Å². The number of hydrogen-bond donors (Lipinski definition) is 2. The minimum absolute atomic E-state index is 0. The van der Waals surface area contributed by atoms with Crippen LogP contribution in [0.1, 0.15) is 37.5 Å². The van der Waals surface area contributed by atoms with Crippen LogP contribution in [0.5, 0.6) is 0 Å². The zero-order chi connectivity index (χ0) is 20.7. The second-order valence-electron chi connectivity index (χ2n) is 7.97. The smallest absolute Gasteiger partial charge is 0.401 e. The molecule has 6 nitrogen and oxygen atoms in total. The summed E-state index contributed by atoms with van der Waals surface area (Å²) in [5, 5.41) is 6.65. The number of guanidine groups is 1. The van der Waals surface area contributed by atoms with Crippen molar-refractivity contribution < 1.29 is 17.6 Å². The Morgan fingerprint density at radius 2 is 2.00 bits per heavy atom. The van der Waals surface area contributed by atoms with E-state index in [2.05, 4.69) is 20.5 Å².